The number of hydrogen-bond acceptors (Lipinski definition) is 4. The number of rotatable bonds is 5. The van der Waals surface area contributed by atoms with Gasteiger partial charge in [-0.05, 0) is 25.2 Å². The van der Waals surface area contributed by atoms with E-state index in [1.54, 1.807) is 4.90 Å². The molecule has 0 N–H and O–H groups in total. The van der Waals surface area contributed by atoms with Gasteiger partial charge in [0.1, 0.15) is 0 Å². The minimum atomic E-state index is -0.324. The fraction of sp³-hybridized carbons (Fsp3) is 0.500. The smallest absolute Gasteiger partial charge is 0.310 e. The van der Waals surface area contributed by atoms with E-state index in [0.717, 1.165) is 12.1 Å². The number of carbonyl (C=O) groups is 2. The Kier molecular flexibility index (Phi) is 4.96. The SMILES string of the molecule is COC(=O)C1CC(=O)N(Cc2ccc(CN(C)C)cc2)C1. The average Bonchev–Trinajstić information content (AvgIpc) is 2.81. The molecule has 1 aromatic carbocycles. The molecule has 1 saturated heterocycles. The highest BCUT2D eigenvalue weighted by molar-refractivity contribution is 5.86. The van der Waals surface area contributed by atoms with Crippen LogP contribution in [0.5, 0.6) is 0 Å². The van der Waals surface area contributed by atoms with Crippen LogP contribution in [0.2, 0.25) is 0 Å². The molecule has 1 atom stereocenters. The molecule has 1 heterocycles. The molecule has 21 heavy (non-hydrogen) atoms. The van der Waals surface area contributed by atoms with Crippen LogP contribution in [-0.4, -0.2) is 49.4 Å². The molecule has 1 aliphatic heterocycles. The standard InChI is InChI=1S/C16H22N2O3/c1-17(2)9-12-4-6-13(7-5-12)10-18-11-14(8-15(18)19)16(20)21-3/h4-7,14H,8-11H2,1-3H3. The number of ether oxygens (including phenoxy) is 1. The van der Waals surface area contributed by atoms with Gasteiger partial charge in [-0.25, -0.2) is 0 Å². The summed E-state index contributed by atoms with van der Waals surface area (Å²) < 4.78 is 4.71. The first-order valence-corrected chi connectivity index (χ1v) is 7.07. The Morgan fingerprint density at radius 1 is 1.29 bits per heavy atom. The average molecular weight is 290 g/mol. The predicted octanol–water partition coefficient (Wildman–Crippen LogP) is 1.27. The van der Waals surface area contributed by atoms with Crippen molar-refractivity contribution in [2.24, 2.45) is 5.92 Å². The molecule has 114 valence electrons. The Morgan fingerprint density at radius 3 is 2.48 bits per heavy atom. The van der Waals surface area contributed by atoms with E-state index in [0.29, 0.717) is 13.1 Å². The van der Waals surface area contributed by atoms with Crippen molar-refractivity contribution < 1.29 is 14.3 Å². The highest BCUT2D eigenvalue weighted by Crippen LogP contribution is 2.21. The Balaban J connectivity index is 1.95. The number of hydrogen-bond donors (Lipinski definition) is 0. The molecule has 0 radical (unpaired) electrons. The molecule has 1 unspecified atom stereocenters. The lowest BCUT2D eigenvalue weighted by atomic mass is 10.1. The van der Waals surface area contributed by atoms with Crippen molar-refractivity contribution in [3.8, 4) is 0 Å². The summed E-state index contributed by atoms with van der Waals surface area (Å²) in [6, 6.07) is 8.23. The summed E-state index contributed by atoms with van der Waals surface area (Å²) in [4.78, 5) is 27.3. The van der Waals surface area contributed by atoms with Crippen molar-refractivity contribution in [1.82, 2.24) is 9.80 Å². The largest absolute Gasteiger partial charge is 0.469 e. The fourth-order valence-corrected chi connectivity index (χ4v) is 2.59. The molecule has 1 amide bonds. The topological polar surface area (TPSA) is 49.9 Å². The van der Waals surface area contributed by atoms with Crippen LogP contribution in [0.4, 0.5) is 0 Å². The Morgan fingerprint density at radius 2 is 1.90 bits per heavy atom. The summed E-state index contributed by atoms with van der Waals surface area (Å²) >= 11 is 0. The number of likely N-dealkylation sites (tertiary alicyclic amines) is 1. The van der Waals surface area contributed by atoms with Gasteiger partial charge in [-0.2, -0.15) is 0 Å². The van der Waals surface area contributed by atoms with Gasteiger partial charge in [0.25, 0.3) is 0 Å². The van der Waals surface area contributed by atoms with Crippen molar-refractivity contribution in [2.75, 3.05) is 27.7 Å². The molecular formula is C16H22N2O3. The van der Waals surface area contributed by atoms with Gasteiger partial charge in [-0.15, -0.1) is 0 Å². The molecule has 0 aromatic heterocycles. The maximum Gasteiger partial charge on any atom is 0.310 e. The van der Waals surface area contributed by atoms with Crippen LogP contribution in [0.15, 0.2) is 24.3 Å². The van der Waals surface area contributed by atoms with Gasteiger partial charge < -0.3 is 14.5 Å². The number of nitrogens with zero attached hydrogens (tertiary/aromatic N) is 2. The summed E-state index contributed by atoms with van der Waals surface area (Å²) in [5.41, 5.74) is 2.32. The van der Waals surface area contributed by atoms with E-state index in [2.05, 4.69) is 17.0 Å². The number of benzene rings is 1. The Labute approximate surface area is 125 Å². The van der Waals surface area contributed by atoms with Crippen LogP contribution in [0.25, 0.3) is 0 Å². The van der Waals surface area contributed by atoms with Gasteiger partial charge in [0.05, 0.1) is 13.0 Å². The summed E-state index contributed by atoms with van der Waals surface area (Å²) in [6.07, 6.45) is 0.255. The number of amides is 1. The molecule has 1 aliphatic rings. The lowest BCUT2D eigenvalue weighted by Crippen LogP contribution is -2.26. The van der Waals surface area contributed by atoms with Gasteiger partial charge >= 0.3 is 5.97 Å². The second kappa shape index (κ2) is 6.72. The van der Waals surface area contributed by atoms with Gasteiger partial charge in [-0.1, -0.05) is 24.3 Å². The third-order valence-electron chi connectivity index (χ3n) is 3.64. The van der Waals surface area contributed by atoms with Crippen LogP contribution in [0.1, 0.15) is 17.5 Å². The van der Waals surface area contributed by atoms with E-state index in [9.17, 15) is 9.59 Å². The molecule has 1 aromatic rings. The van der Waals surface area contributed by atoms with Gasteiger partial charge in [0, 0.05) is 26.1 Å². The maximum atomic E-state index is 11.9. The minimum absolute atomic E-state index is 0.0165. The van der Waals surface area contributed by atoms with Crippen molar-refractivity contribution in [2.45, 2.75) is 19.5 Å². The second-order valence-corrected chi connectivity index (χ2v) is 5.75. The highest BCUT2D eigenvalue weighted by Gasteiger charge is 2.34. The normalized spacial score (nSPS) is 18.4. The minimum Gasteiger partial charge on any atom is -0.469 e. The van der Waals surface area contributed by atoms with Crippen molar-refractivity contribution in [3.63, 3.8) is 0 Å². The van der Waals surface area contributed by atoms with Gasteiger partial charge in [0.2, 0.25) is 5.91 Å². The van der Waals surface area contributed by atoms with Crippen LogP contribution in [-0.2, 0) is 27.4 Å². The molecule has 2 rings (SSSR count). The van der Waals surface area contributed by atoms with Crippen molar-refractivity contribution in [1.29, 1.82) is 0 Å². The molecule has 0 aliphatic carbocycles. The molecule has 5 nitrogen and oxygen atoms in total. The molecule has 0 bridgehead atoms. The van der Waals surface area contributed by atoms with E-state index in [-0.39, 0.29) is 24.2 Å². The first-order chi connectivity index (χ1) is 9.99. The third-order valence-corrected chi connectivity index (χ3v) is 3.64. The highest BCUT2D eigenvalue weighted by atomic mass is 16.5. The monoisotopic (exact) mass is 290 g/mol. The Bertz CT molecular complexity index is 511. The van der Waals surface area contributed by atoms with E-state index < -0.39 is 0 Å². The maximum absolute atomic E-state index is 11.9. The summed E-state index contributed by atoms with van der Waals surface area (Å²) in [7, 11) is 5.42. The zero-order chi connectivity index (χ0) is 15.4. The predicted molar refractivity (Wildman–Crippen MR) is 79.4 cm³/mol. The van der Waals surface area contributed by atoms with Crippen molar-refractivity contribution in [3.05, 3.63) is 35.4 Å². The number of esters is 1. The lowest BCUT2D eigenvalue weighted by Gasteiger charge is -2.17. The molecule has 0 spiro atoms. The van der Waals surface area contributed by atoms with Crippen LogP contribution in [0.3, 0.4) is 0 Å². The Hall–Kier alpha value is -1.88. The van der Waals surface area contributed by atoms with Crippen LogP contribution < -0.4 is 0 Å². The van der Waals surface area contributed by atoms with Crippen LogP contribution in [0, 0.1) is 5.92 Å². The zero-order valence-corrected chi connectivity index (χ0v) is 12.8. The summed E-state index contributed by atoms with van der Waals surface area (Å²) in [6.45, 7) is 1.90. The molecule has 0 saturated carbocycles. The number of carbonyl (C=O) groups excluding carboxylic acids is 2. The lowest BCUT2D eigenvalue weighted by molar-refractivity contribution is -0.145. The third kappa shape index (κ3) is 4.04. The van der Waals surface area contributed by atoms with E-state index in [1.807, 2.05) is 26.2 Å². The molecular weight excluding hydrogens is 268 g/mol. The van der Waals surface area contributed by atoms with E-state index >= 15 is 0 Å². The zero-order valence-electron chi connectivity index (χ0n) is 12.8. The van der Waals surface area contributed by atoms with E-state index in [4.69, 9.17) is 4.74 Å². The van der Waals surface area contributed by atoms with Gasteiger partial charge in [0.15, 0.2) is 0 Å². The second-order valence-electron chi connectivity index (χ2n) is 5.75. The number of methoxy groups -OCH3 is 1. The van der Waals surface area contributed by atoms with Crippen LogP contribution >= 0.6 is 0 Å². The fourth-order valence-electron chi connectivity index (χ4n) is 2.59. The first kappa shape index (κ1) is 15.5. The first-order valence-electron chi connectivity index (χ1n) is 7.07. The molecule has 1 fully saturated rings. The quantitative estimate of drug-likeness (QED) is 0.766. The van der Waals surface area contributed by atoms with Crippen molar-refractivity contribution >= 4 is 11.9 Å². The summed E-state index contributed by atoms with van der Waals surface area (Å²) in [5, 5.41) is 0. The van der Waals surface area contributed by atoms with E-state index in [1.165, 1.54) is 12.7 Å². The summed E-state index contributed by atoms with van der Waals surface area (Å²) in [5.74, 6) is -0.606. The molecule has 5 heteroatoms. The van der Waals surface area contributed by atoms with Gasteiger partial charge in [-0.3, -0.25) is 9.59 Å².